The molecule has 6 heteroatoms. The minimum Gasteiger partial charge on any atom is -0.396 e. The van der Waals surface area contributed by atoms with Crippen molar-refractivity contribution in [3.05, 3.63) is 17.5 Å². The lowest BCUT2D eigenvalue weighted by Crippen LogP contribution is -2.55. The predicted octanol–water partition coefficient (Wildman–Crippen LogP) is 1.72. The van der Waals surface area contributed by atoms with E-state index in [1.807, 2.05) is 18.7 Å². The maximum atomic E-state index is 12.6. The van der Waals surface area contributed by atoms with Crippen molar-refractivity contribution in [1.82, 2.24) is 15.0 Å². The lowest BCUT2D eigenvalue weighted by Gasteiger charge is -2.41. The Morgan fingerprint density at radius 1 is 1.43 bits per heavy atom. The molecule has 1 unspecified atom stereocenters. The molecule has 1 aliphatic heterocycles. The van der Waals surface area contributed by atoms with Gasteiger partial charge in [-0.3, -0.25) is 9.69 Å². The zero-order valence-corrected chi connectivity index (χ0v) is 14.1. The molecule has 1 atom stereocenters. The van der Waals surface area contributed by atoms with Gasteiger partial charge in [0.05, 0.1) is 0 Å². The fraction of sp³-hybridized carbons (Fsp3) is 0.765. The van der Waals surface area contributed by atoms with Crippen LogP contribution in [0.4, 0.5) is 0 Å². The highest BCUT2D eigenvalue weighted by Crippen LogP contribution is 2.31. The predicted molar refractivity (Wildman–Crippen MR) is 86.3 cm³/mol. The molecular weight excluding hydrogens is 294 g/mol. The highest BCUT2D eigenvalue weighted by atomic mass is 16.5. The van der Waals surface area contributed by atoms with Crippen molar-refractivity contribution in [2.24, 2.45) is 5.92 Å². The first-order valence-corrected chi connectivity index (χ1v) is 8.69. The molecule has 1 aliphatic carbocycles. The Morgan fingerprint density at radius 3 is 2.83 bits per heavy atom. The summed E-state index contributed by atoms with van der Waals surface area (Å²) in [5, 5.41) is 13.3. The molecule has 2 heterocycles. The van der Waals surface area contributed by atoms with Gasteiger partial charge in [0, 0.05) is 50.8 Å². The largest absolute Gasteiger partial charge is 0.396 e. The fourth-order valence-corrected chi connectivity index (χ4v) is 3.20. The second kappa shape index (κ2) is 7.01. The van der Waals surface area contributed by atoms with E-state index in [9.17, 15) is 9.90 Å². The fourth-order valence-electron chi connectivity index (χ4n) is 3.20. The third-order valence-corrected chi connectivity index (χ3v) is 4.86. The van der Waals surface area contributed by atoms with Crippen LogP contribution in [0.1, 0.15) is 55.3 Å². The number of hydrogen-bond donors (Lipinski definition) is 1. The Bertz CT molecular complexity index is 539. The number of aliphatic hydroxyl groups excluding tert-OH is 1. The van der Waals surface area contributed by atoms with E-state index >= 15 is 0 Å². The molecular formula is C17H27N3O3. The lowest BCUT2D eigenvalue weighted by molar-refractivity contribution is 0.0399. The van der Waals surface area contributed by atoms with Gasteiger partial charge in [0.25, 0.3) is 5.91 Å². The van der Waals surface area contributed by atoms with Gasteiger partial charge in [0.2, 0.25) is 0 Å². The first kappa shape index (κ1) is 16.5. The van der Waals surface area contributed by atoms with E-state index < -0.39 is 0 Å². The van der Waals surface area contributed by atoms with E-state index in [0.717, 1.165) is 31.3 Å². The van der Waals surface area contributed by atoms with Gasteiger partial charge in [-0.2, -0.15) is 0 Å². The maximum Gasteiger partial charge on any atom is 0.276 e. The second-order valence-corrected chi connectivity index (χ2v) is 7.12. The summed E-state index contributed by atoms with van der Waals surface area (Å²) in [6.45, 7) is 7.56. The number of aromatic nitrogens is 1. The van der Waals surface area contributed by atoms with Crippen LogP contribution < -0.4 is 0 Å². The van der Waals surface area contributed by atoms with Crippen LogP contribution in [0.25, 0.3) is 0 Å². The van der Waals surface area contributed by atoms with Crippen molar-refractivity contribution in [3.63, 3.8) is 0 Å². The molecule has 23 heavy (non-hydrogen) atoms. The van der Waals surface area contributed by atoms with E-state index in [0.29, 0.717) is 18.7 Å². The van der Waals surface area contributed by atoms with Gasteiger partial charge in [-0.25, -0.2) is 0 Å². The Labute approximate surface area is 137 Å². The number of carbonyl (C=O) groups is 1. The maximum absolute atomic E-state index is 12.6. The Morgan fingerprint density at radius 2 is 2.22 bits per heavy atom. The summed E-state index contributed by atoms with van der Waals surface area (Å²) in [5.74, 6) is 1.73. The van der Waals surface area contributed by atoms with Crippen LogP contribution in [-0.4, -0.2) is 64.8 Å². The number of amides is 1. The van der Waals surface area contributed by atoms with Crippen LogP contribution in [-0.2, 0) is 0 Å². The summed E-state index contributed by atoms with van der Waals surface area (Å²) in [6.07, 6.45) is 3.36. The third kappa shape index (κ3) is 3.93. The van der Waals surface area contributed by atoms with E-state index in [1.54, 1.807) is 6.07 Å². The van der Waals surface area contributed by atoms with Crippen LogP contribution in [0.5, 0.6) is 0 Å². The molecule has 6 nitrogen and oxygen atoms in total. The minimum atomic E-state index is -0.0605. The highest BCUT2D eigenvalue weighted by Gasteiger charge is 2.34. The summed E-state index contributed by atoms with van der Waals surface area (Å²) in [5.41, 5.74) is 0.395. The van der Waals surface area contributed by atoms with Crippen molar-refractivity contribution in [2.75, 3.05) is 32.8 Å². The molecule has 1 aromatic rings. The molecule has 0 bridgehead atoms. The third-order valence-electron chi connectivity index (χ3n) is 4.86. The van der Waals surface area contributed by atoms with E-state index in [1.165, 1.54) is 12.8 Å². The topological polar surface area (TPSA) is 69.8 Å². The van der Waals surface area contributed by atoms with Crippen LogP contribution in [0, 0.1) is 5.92 Å². The van der Waals surface area contributed by atoms with Crippen molar-refractivity contribution >= 4 is 5.91 Å². The number of hydrogen-bond acceptors (Lipinski definition) is 5. The average molecular weight is 321 g/mol. The SMILES string of the molecule is CC(C)c1cc(C(=O)N2CCN(CC3CC3)C(CCO)C2)no1. The quantitative estimate of drug-likeness (QED) is 0.864. The van der Waals surface area contributed by atoms with Crippen LogP contribution in [0.15, 0.2) is 10.6 Å². The summed E-state index contributed by atoms with van der Waals surface area (Å²) >= 11 is 0. The van der Waals surface area contributed by atoms with Crippen molar-refractivity contribution < 1.29 is 14.4 Å². The van der Waals surface area contributed by atoms with Crippen LogP contribution in [0.2, 0.25) is 0 Å². The standard InChI is InChI=1S/C17H27N3O3/c1-12(2)16-9-15(18-23-16)17(22)20-7-6-19(10-13-3-4-13)14(11-20)5-8-21/h9,12-14,21H,3-8,10-11H2,1-2H3. The molecule has 1 amide bonds. The van der Waals surface area contributed by atoms with Gasteiger partial charge < -0.3 is 14.5 Å². The first-order valence-electron chi connectivity index (χ1n) is 8.69. The molecule has 3 rings (SSSR count). The lowest BCUT2D eigenvalue weighted by atomic mass is 10.1. The molecule has 0 aromatic carbocycles. The highest BCUT2D eigenvalue weighted by molar-refractivity contribution is 5.92. The minimum absolute atomic E-state index is 0.0605. The van der Waals surface area contributed by atoms with Crippen molar-refractivity contribution in [1.29, 1.82) is 0 Å². The number of nitrogens with zero attached hydrogens (tertiary/aromatic N) is 3. The Balaban J connectivity index is 1.64. The molecule has 0 spiro atoms. The number of rotatable bonds is 6. The Hall–Kier alpha value is -1.40. The summed E-state index contributed by atoms with van der Waals surface area (Å²) < 4.78 is 5.25. The monoisotopic (exact) mass is 321 g/mol. The van der Waals surface area contributed by atoms with Gasteiger partial charge >= 0.3 is 0 Å². The molecule has 128 valence electrons. The van der Waals surface area contributed by atoms with Crippen LogP contribution in [0.3, 0.4) is 0 Å². The zero-order chi connectivity index (χ0) is 16.4. The summed E-state index contributed by atoms with van der Waals surface area (Å²) in [4.78, 5) is 16.9. The van der Waals surface area contributed by atoms with Crippen molar-refractivity contribution in [3.8, 4) is 0 Å². The average Bonchev–Trinajstić information content (AvgIpc) is 3.20. The molecule has 2 aliphatic rings. The second-order valence-electron chi connectivity index (χ2n) is 7.12. The zero-order valence-electron chi connectivity index (χ0n) is 14.1. The molecule has 1 N–H and O–H groups in total. The van der Waals surface area contributed by atoms with Gasteiger partial charge in [-0.1, -0.05) is 19.0 Å². The molecule has 1 saturated carbocycles. The molecule has 1 aromatic heterocycles. The summed E-state index contributed by atoms with van der Waals surface area (Å²) in [7, 11) is 0. The van der Waals surface area contributed by atoms with E-state index in [-0.39, 0.29) is 24.5 Å². The van der Waals surface area contributed by atoms with Gasteiger partial charge in [0.15, 0.2) is 5.69 Å². The van der Waals surface area contributed by atoms with Crippen molar-refractivity contribution in [2.45, 2.75) is 45.1 Å². The number of piperazine rings is 1. The summed E-state index contributed by atoms with van der Waals surface area (Å²) in [6, 6.07) is 2.00. The smallest absolute Gasteiger partial charge is 0.276 e. The molecule has 2 fully saturated rings. The molecule has 1 saturated heterocycles. The van der Waals surface area contributed by atoms with E-state index in [4.69, 9.17) is 4.52 Å². The molecule has 0 radical (unpaired) electrons. The van der Waals surface area contributed by atoms with Crippen LogP contribution >= 0.6 is 0 Å². The van der Waals surface area contributed by atoms with Gasteiger partial charge in [0.1, 0.15) is 5.76 Å². The van der Waals surface area contributed by atoms with E-state index in [2.05, 4.69) is 10.1 Å². The number of aliphatic hydroxyl groups is 1. The normalized spacial score (nSPS) is 22.8. The van der Waals surface area contributed by atoms with Gasteiger partial charge in [-0.05, 0) is 25.2 Å². The first-order chi connectivity index (χ1) is 11.1. The number of carbonyl (C=O) groups excluding carboxylic acids is 1. The Kier molecular flexibility index (Phi) is 5.02. The van der Waals surface area contributed by atoms with Gasteiger partial charge in [-0.15, -0.1) is 0 Å².